The van der Waals surface area contributed by atoms with Crippen LogP contribution >= 0.6 is 0 Å². The summed E-state index contributed by atoms with van der Waals surface area (Å²) in [5.41, 5.74) is 0.597. The minimum Gasteiger partial charge on any atom is -0.394 e. The largest absolute Gasteiger partial charge is 0.394 e. The maximum atomic E-state index is 14.8. The van der Waals surface area contributed by atoms with E-state index in [1.54, 1.807) is 33.9 Å². The number of carbonyl (C=O) groups excluding carboxylic acids is 3. The molecule has 3 amide bonds. The Bertz CT molecular complexity index is 1160. The molecule has 0 aliphatic carbocycles. The van der Waals surface area contributed by atoms with Gasteiger partial charge in [-0.05, 0) is 50.7 Å². The fourth-order valence-electron chi connectivity index (χ4n) is 7.32. The SMILES string of the molecule is C=CCN(C)C(=O)[C@H]1[C@H]2C(=O)N([C@@H](CO)C(C)C)C(C(=O)N(CC=C)c3c(C)cccc3C)C23CC[C@]1(C)O3. The van der Waals surface area contributed by atoms with Crippen molar-refractivity contribution >= 4 is 23.4 Å². The van der Waals surface area contributed by atoms with Crippen molar-refractivity contribution in [2.45, 2.75) is 70.7 Å². The average molecular weight is 538 g/mol. The first kappa shape index (κ1) is 29.0. The molecule has 8 heteroatoms. The van der Waals surface area contributed by atoms with Crippen molar-refractivity contribution in [1.29, 1.82) is 0 Å². The molecule has 0 saturated carbocycles. The van der Waals surface area contributed by atoms with Crippen LogP contribution in [0.1, 0.15) is 44.7 Å². The maximum absolute atomic E-state index is 14.8. The molecule has 0 aromatic heterocycles. The van der Waals surface area contributed by atoms with Crippen molar-refractivity contribution in [1.82, 2.24) is 9.80 Å². The van der Waals surface area contributed by atoms with Crippen LogP contribution in [-0.4, -0.2) is 82.7 Å². The number of aryl methyl sites for hydroxylation is 2. The Morgan fingerprint density at radius 2 is 1.77 bits per heavy atom. The van der Waals surface area contributed by atoms with Crippen LogP contribution in [-0.2, 0) is 19.1 Å². The third-order valence-electron chi connectivity index (χ3n) is 9.09. The fraction of sp³-hybridized carbons (Fsp3) is 0.581. The zero-order chi connectivity index (χ0) is 28.9. The number of likely N-dealkylation sites (N-methyl/N-ethyl adjacent to an activating group) is 1. The molecule has 3 aliphatic rings. The molecule has 3 aliphatic heterocycles. The van der Waals surface area contributed by atoms with E-state index in [1.807, 2.05) is 52.8 Å². The first-order valence-electron chi connectivity index (χ1n) is 13.9. The predicted molar refractivity (Wildman–Crippen MR) is 151 cm³/mol. The molecular weight excluding hydrogens is 494 g/mol. The molecule has 212 valence electrons. The maximum Gasteiger partial charge on any atom is 0.253 e. The molecule has 3 saturated heterocycles. The van der Waals surface area contributed by atoms with Crippen LogP contribution in [0.5, 0.6) is 0 Å². The van der Waals surface area contributed by atoms with Gasteiger partial charge in [0.2, 0.25) is 11.8 Å². The van der Waals surface area contributed by atoms with Crippen LogP contribution in [0.4, 0.5) is 5.69 Å². The van der Waals surface area contributed by atoms with Gasteiger partial charge in [-0.3, -0.25) is 14.4 Å². The molecular formula is C31H43N3O5. The molecule has 6 atom stereocenters. The summed E-state index contributed by atoms with van der Waals surface area (Å²) in [7, 11) is 1.70. The smallest absolute Gasteiger partial charge is 0.253 e. The van der Waals surface area contributed by atoms with Crippen molar-refractivity contribution in [2.75, 3.05) is 31.6 Å². The van der Waals surface area contributed by atoms with Crippen LogP contribution in [0.25, 0.3) is 0 Å². The molecule has 3 heterocycles. The van der Waals surface area contributed by atoms with Crippen molar-refractivity contribution < 1.29 is 24.2 Å². The van der Waals surface area contributed by atoms with Crippen LogP contribution in [0.15, 0.2) is 43.5 Å². The number of hydrogen-bond donors (Lipinski definition) is 1. The van der Waals surface area contributed by atoms with Gasteiger partial charge in [-0.1, -0.05) is 44.2 Å². The number of para-hydroxylation sites is 1. The number of nitrogens with zero attached hydrogens (tertiary/aromatic N) is 3. The molecule has 2 unspecified atom stereocenters. The number of fused-ring (bicyclic) bond motifs is 1. The lowest BCUT2D eigenvalue weighted by atomic mass is 9.66. The molecule has 1 spiro atoms. The Morgan fingerprint density at radius 1 is 1.15 bits per heavy atom. The molecule has 0 radical (unpaired) electrons. The second-order valence-electron chi connectivity index (χ2n) is 12.0. The van der Waals surface area contributed by atoms with Crippen molar-refractivity contribution in [3.05, 3.63) is 54.6 Å². The zero-order valence-electron chi connectivity index (χ0n) is 24.1. The molecule has 39 heavy (non-hydrogen) atoms. The lowest BCUT2D eigenvalue weighted by molar-refractivity contribution is -0.152. The van der Waals surface area contributed by atoms with Crippen LogP contribution in [0.2, 0.25) is 0 Å². The molecule has 3 fully saturated rings. The Hall–Kier alpha value is -2.97. The number of ether oxygens (including phenoxy) is 1. The zero-order valence-corrected chi connectivity index (χ0v) is 24.1. The highest BCUT2D eigenvalue weighted by atomic mass is 16.5. The Balaban J connectivity index is 1.90. The molecule has 4 rings (SSSR count). The number of hydrogen-bond acceptors (Lipinski definition) is 5. The second-order valence-corrected chi connectivity index (χ2v) is 12.0. The standard InChI is InChI=1S/C31H43N3O5/c1-9-16-32(8)27(36)23-24-28(37)34(22(18-35)19(3)4)26(31(24)15-14-30(23,7)39-31)29(38)33(17-10-2)25-20(5)12-11-13-21(25)6/h9-13,19,22-24,26,35H,1-2,14-18H2,3-8H3/t22-,23+,24-,26?,30-,31?/m0/s1. The monoisotopic (exact) mass is 537 g/mol. The van der Waals surface area contributed by atoms with E-state index in [4.69, 9.17) is 4.74 Å². The van der Waals surface area contributed by atoms with Gasteiger partial charge in [-0.25, -0.2) is 0 Å². The third-order valence-corrected chi connectivity index (χ3v) is 9.09. The number of anilines is 1. The van der Waals surface area contributed by atoms with Gasteiger partial charge in [-0.2, -0.15) is 0 Å². The summed E-state index contributed by atoms with van der Waals surface area (Å²) in [5, 5.41) is 10.5. The molecule has 8 nitrogen and oxygen atoms in total. The molecule has 1 aromatic carbocycles. The van der Waals surface area contributed by atoms with Gasteiger partial charge in [0.1, 0.15) is 11.6 Å². The third kappa shape index (κ3) is 4.32. The fourth-order valence-corrected chi connectivity index (χ4v) is 7.32. The van der Waals surface area contributed by atoms with Crippen LogP contribution in [0.3, 0.4) is 0 Å². The van der Waals surface area contributed by atoms with Gasteiger partial charge >= 0.3 is 0 Å². The highest BCUT2D eigenvalue weighted by Gasteiger charge is 2.79. The van der Waals surface area contributed by atoms with Crippen molar-refractivity contribution in [2.24, 2.45) is 17.8 Å². The van der Waals surface area contributed by atoms with E-state index in [9.17, 15) is 19.5 Å². The first-order valence-corrected chi connectivity index (χ1v) is 13.9. The predicted octanol–water partition coefficient (Wildman–Crippen LogP) is 3.25. The number of benzene rings is 1. The summed E-state index contributed by atoms with van der Waals surface area (Å²) >= 11 is 0. The normalized spacial score (nSPS) is 29.9. The minimum atomic E-state index is -1.17. The quantitative estimate of drug-likeness (QED) is 0.463. The lowest BCUT2D eigenvalue weighted by Crippen LogP contribution is -2.60. The first-order chi connectivity index (χ1) is 18.4. The average Bonchev–Trinajstić information content (AvgIpc) is 3.44. The van der Waals surface area contributed by atoms with Crippen molar-refractivity contribution in [3.8, 4) is 0 Å². The Kier molecular flexibility index (Phi) is 7.85. The van der Waals surface area contributed by atoms with E-state index < -0.39 is 35.1 Å². The minimum absolute atomic E-state index is 0.122. The molecule has 2 bridgehead atoms. The summed E-state index contributed by atoms with van der Waals surface area (Å²) in [5.74, 6) is -2.44. The summed E-state index contributed by atoms with van der Waals surface area (Å²) in [6, 6.07) is 4.27. The summed E-state index contributed by atoms with van der Waals surface area (Å²) in [6.45, 7) is 17.6. The van der Waals surface area contributed by atoms with E-state index in [0.29, 0.717) is 19.4 Å². The van der Waals surface area contributed by atoms with E-state index in [-0.39, 0.29) is 36.8 Å². The number of rotatable bonds is 10. The molecule has 1 aromatic rings. The van der Waals surface area contributed by atoms with E-state index in [1.165, 1.54) is 0 Å². The van der Waals surface area contributed by atoms with Gasteiger partial charge in [0, 0.05) is 25.8 Å². The van der Waals surface area contributed by atoms with Crippen LogP contribution in [0, 0.1) is 31.6 Å². The van der Waals surface area contributed by atoms with Gasteiger partial charge in [0.25, 0.3) is 5.91 Å². The Morgan fingerprint density at radius 3 is 2.31 bits per heavy atom. The summed E-state index contributed by atoms with van der Waals surface area (Å²) < 4.78 is 6.78. The van der Waals surface area contributed by atoms with Gasteiger partial charge < -0.3 is 24.5 Å². The number of carbonyl (C=O) groups is 3. The summed E-state index contributed by atoms with van der Waals surface area (Å²) in [6.07, 6.45) is 4.37. The highest BCUT2D eigenvalue weighted by Crippen LogP contribution is 2.64. The van der Waals surface area contributed by atoms with E-state index in [0.717, 1.165) is 16.8 Å². The van der Waals surface area contributed by atoms with E-state index in [2.05, 4.69) is 13.2 Å². The second kappa shape index (κ2) is 10.5. The van der Waals surface area contributed by atoms with Crippen molar-refractivity contribution in [3.63, 3.8) is 0 Å². The number of amides is 3. The van der Waals surface area contributed by atoms with Gasteiger partial charge in [-0.15, -0.1) is 13.2 Å². The highest BCUT2D eigenvalue weighted by molar-refractivity contribution is 6.06. The molecule has 1 N–H and O–H groups in total. The lowest BCUT2D eigenvalue weighted by Gasteiger charge is -2.41. The Labute approximate surface area is 232 Å². The number of aliphatic hydroxyl groups excluding tert-OH is 1. The summed E-state index contributed by atoms with van der Waals surface area (Å²) in [4.78, 5) is 47.8. The van der Waals surface area contributed by atoms with Gasteiger partial charge in [0.05, 0.1) is 30.1 Å². The number of aliphatic hydroxyl groups is 1. The number of likely N-dealkylation sites (tertiary alicyclic amines) is 1. The topological polar surface area (TPSA) is 90.4 Å². The van der Waals surface area contributed by atoms with Gasteiger partial charge in [0.15, 0.2) is 0 Å². The van der Waals surface area contributed by atoms with E-state index >= 15 is 0 Å². The van der Waals surface area contributed by atoms with Crippen LogP contribution < -0.4 is 4.90 Å².